The smallest absolute Gasteiger partial charge is 0.202 e. The first-order valence-corrected chi connectivity index (χ1v) is 10.1. The Hall–Kier alpha value is -3.05. The van der Waals surface area contributed by atoms with E-state index < -0.39 is 0 Å². The van der Waals surface area contributed by atoms with E-state index in [1.807, 2.05) is 42.7 Å². The highest BCUT2D eigenvalue weighted by atomic mass is 79.9. The number of ketones is 1. The second-order valence-corrected chi connectivity index (χ2v) is 8.00. The second kappa shape index (κ2) is 7.76. The highest BCUT2D eigenvalue weighted by Gasteiger charge is 2.18. The fourth-order valence-corrected chi connectivity index (χ4v) is 3.63. The number of pyridine rings is 2. The number of carbonyl (C=O) groups excluding carboxylic acids is 1. The van der Waals surface area contributed by atoms with Crippen LogP contribution in [-0.4, -0.2) is 15.3 Å². The minimum absolute atomic E-state index is 0.152. The summed E-state index contributed by atoms with van der Waals surface area (Å²) in [5.74, 6) is -0.288. The number of rotatable bonds is 4. The first-order valence-electron chi connectivity index (χ1n) is 9.29. The van der Waals surface area contributed by atoms with Crippen LogP contribution in [0.15, 0.2) is 76.1 Å². The van der Waals surface area contributed by atoms with Gasteiger partial charge < -0.3 is 4.57 Å². The highest BCUT2D eigenvalue weighted by Crippen LogP contribution is 2.18. The lowest BCUT2D eigenvalue weighted by Gasteiger charge is -2.14. The van der Waals surface area contributed by atoms with Crippen LogP contribution in [0.2, 0.25) is 0 Å². The molecule has 0 radical (unpaired) electrons. The van der Waals surface area contributed by atoms with Gasteiger partial charge >= 0.3 is 0 Å². The maximum Gasteiger partial charge on any atom is 0.202 e. The van der Waals surface area contributed by atoms with Crippen molar-refractivity contribution in [1.29, 1.82) is 0 Å². The summed E-state index contributed by atoms with van der Waals surface area (Å²) in [6.45, 7) is 4.47. The first-order chi connectivity index (χ1) is 13.9. The maximum absolute atomic E-state index is 13.1. The third kappa shape index (κ3) is 3.78. The zero-order valence-electron chi connectivity index (χ0n) is 16.1. The van der Waals surface area contributed by atoms with E-state index in [0.717, 1.165) is 21.3 Å². The van der Waals surface area contributed by atoms with E-state index in [2.05, 4.69) is 20.9 Å². The topological polar surface area (TPSA) is 52.0 Å². The number of aromatic nitrogens is 2. The molecule has 4 nitrogen and oxygen atoms in total. The fraction of sp³-hybridized carbons (Fsp3) is 0.125. The molecule has 5 heteroatoms. The van der Waals surface area contributed by atoms with Crippen molar-refractivity contribution in [2.75, 3.05) is 0 Å². The molecule has 4 rings (SSSR count). The Labute approximate surface area is 177 Å². The van der Waals surface area contributed by atoms with Crippen LogP contribution in [0, 0.1) is 13.8 Å². The average molecular weight is 447 g/mol. The molecule has 0 saturated heterocycles. The predicted octanol–water partition coefficient (Wildman–Crippen LogP) is 5.06. The number of nitrogens with zero attached hydrogens (tertiary/aromatic N) is 2. The van der Waals surface area contributed by atoms with Gasteiger partial charge in [0.1, 0.15) is 5.65 Å². The number of hydrogen-bond acceptors (Lipinski definition) is 3. The van der Waals surface area contributed by atoms with Gasteiger partial charge in [-0.25, -0.2) is 4.98 Å². The van der Waals surface area contributed by atoms with Gasteiger partial charge in [0.2, 0.25) is 5.43 Å². The van der Waals surface area contributed by atoms with Crippen molar-refractivity contribution >= 4 is 32.7 Å². The van der Waals surface area contributed by atoms with Crippen LogP contribution in [0.3, 0.4) is 0 Å². The molecule has 2 aromatic heterocycles. The minimum atomic E-state index is -0.290. The average Bonchev–Trinajstić information content (AvgIpc) is 2.71. The number of aryl methyl sites for hydroxylation is 2. The molecule has 0 aliphatic rings. The zero-order valence-corrected chi connectivity index (χ0v) is 17.7. The van der Waals surface area contributed by atoms with Gasteiger partial charge in [0, 0.05) is 28.5 Å². The Morgan fingerprint density at radius 3 is 2.45 bits per heavy atom. The van der Waals surface area contributed by atoms with E-state index in [1.54, 1.807) is 42.6 Å². The molecule has 144 valence electrons. The maximum atomic E-state index is 13.1. The van der Waals surface area contributed by atoms with E-state index in [0.29, 0.717) is 23.1 Å². The summed E-state index contributed by atoms with van der Waals surface area (Å²) >= 11 is 3.37. The first kappa shape index (κ1) is 19.3. The van der Waals surface area contributed by atoms with Crippen LogP contribution < -0.4 is 5.43 Å². The second-order valence-electron chi connectivity index (χ2n) is 7.09. The highest BCUT2D eigenvalue weighted by molar-refractivity contribution is 9.10. The van der Waals surface area contributed by atoms with Crippen molar-refractivity contribution in [2.24, 2.45) is 0 Å². The third-order valence-electron chi connectivity index (χ3n) is 5.01. The molecule has 0 unspecified atom stereocenters. The van der Waals surface area contributed by atoms with Crippen molar-refractivity contribution in [3.05, 3.63) is 110 Å². The van der Waals surface area contributed by atoms with Gasteiger partial charge in [0.15, 0.2) is 5.78 Å². The lowest BCUT2D eigenvalue weighted by atomic mass is 10.0. The zero-order chi connectivity index (χ0) is 20.5. The van der Waals surface area contributed by atoms with E-state index in [9.17, 15) is 9.59 Å². The quantitative estimate of drug-likeness (QED) is 0.411. The molecule has 2 aromatic carbocycles. The van der Waals surface area contributed by atoms with Crippen LogP contribution in [0.25, 0.3) is 11.0 Å². The molecule has 0 aliphatic heterocycles. The SMILES string of the molecule is Cc1ccc2c(=O)c(C(=O)c3ccc(Br)cc3)cn(Cc3ccccc3C)c2n1. The van der Waals surface area contributed by atoms with Crippen LogP contribution in [0.5, 0.6) is 0 Å². The summed E-state index contributed by atoms with van der Waals surface area (Å²) < 4.78 is 2.78. The molecular weight excluding hydrogens is 428 g/mol. The van der Waals surface area contributed by atoms with Crippen LogP contribution in [0.1, 0.15) is 32.7 Å². The Kier molecular flexibility index (Phi) is 5.16. The molecule has 0 bridgehead atoms. The van der Waals surface area contributed by atoms with Crippen LogP contribution in [0.4, 0.5) is 0 Å². The number of fused-ring (bicyclic) bond motifs is 1. The summed E-state index contributed by atoms with van der Waals surface area (Å²) in [6.07, 6.45) is 1.65. The van der Waals surface area contributed by atoms with Crippen molar-refractivity contribution in [2.45, 2.75) is 20.4 Å². The molecule has 0 saturated carbocycles. The summed E-state index contributed by atoms with van der Waals surface area (Å²) in [4.78, 5) is 30.8. The van der Waals surface area contributed by atoms with Gasteiger partial charge in [0.05, 0.1) is 10.9 Å². The van der Waals surface area contributed by atoms with Gasteiger partial charge in [-0.2, -0.15) is 0 Å². The third-order valence-corrected chi connectivity index (χ3v) is 5.54. The van der Waals surface area contributed by atoms with E-state index in [1.165, 1.54) is 0 Å². The van der Waals surface area contributed by atoms with Crippen molar-refractivity contribution in [1.82, 2.24) is 9.55 Å². The molecule has 2 heterocycles. The number of carbonyl (C=O) groups is 1. The Morgan fingerprint density at radius 1 is 1.00 bits per heavy atom. The summed E-state index contributed by atoms with van der Waals surface area (Å²) in [5.41, 5.74) is 4.01. The lowest BCUT2D eigenvalue weighted by molar-refractivity contribution is 0.103. The van der Waals surface area contributed by atoms with E-state index >= 15 is 0 Å². The Bertz CT molecular complexity index is 1290. The Morgan fingerprint density at radius 2 is 1.72 bits per heavy atom. The van der Waals surface area contributed by atoms with Crippen LogP contribution >= 0.6 is 15.9 Å². The lowest BCUT2D eigenvalue weighted by Crippen LogP contribution is -2.21. The molecule has 0 fully saturated rings. The van der Waals surface area contributed by atoms with Gasteiger partial charge in [-0.05, 0) is 61.4 Å². The number of hydrogen-bond donors (Lipinski definition) is 0. The van der Waals surface area contributed by atoms with Crippen molar-refractivity contribution in [3.63, 3.8) is 0 Å². The summed E-state index contributed by atoms with van der Waals surface area (Å²) in [5, 5.41) is 0.451. The molecule has 0 aliphatic carbocycles. The summed E-state index contributed by atoms with van der Waals surface area (Å²) in [7, 11) is 0. The van der Waals surface area contributed by atoms with Gasteiger partial charge in [-0.1, -0.05) is 40.2 Å². The van der Waals surface area contributed by atoms with Crippen molar-refractivity contribution in [3.8, 4) is 0 Å². The van der Waals surface area contributed by atoms with E-state index in [-0.39, 0.29) is 16.8 Å². The van der Waals surface area contributed by atoms with Crippen molar-refractivity contribution < 1.29 is 4.79 Å². The summed E-state index contributed by atoms with van der Waals surface area (Å²) in [6, 6.07) is 18.7. The molecule has 0 atom stereocenters. The Balaban J connectivity index is 1.92. The molecule has 0 spiro atoms. The number of benzene rings is 2. The van der Waals surface area contributed by atoms with Gasteiger partial charge in [-0.3, -0.25) is 9.59 Å². The monoisotopic (exact) mass is 446 g/mol. The molecule has 0 amide bonds. The minimum Gasteiger partial charge on any atom is -0.327 e. The largest absolute Gasteiger partial charge is 0.327 e. The molecule has 0 N–H and O–H groups in total. The fourth-order valence-electron chi connectivity index (χ4n) is 3.37. The molecule has 4 aromatic rings. The predicted molar refractivity (Wildman–Crippen MR) is 119 cm³/mol. The van der Waals surface area contributed by atoms with E-state index in [4.69, 9.17) is 0 Å². The van der Waals surface area contributed by atoms with Gasteiger partial charge in [-0.15, -0.1) is 0 Å². The molecular formula is C24H19BrN2O2. The molecule has 29 heavy (non-hydrogen) atoms. The van der Waals surface area contributed by atoms with Crippen LogP contribution in [-0.2, 0) is 6.54 Å². The van der Waals surface area contributed by atoms with Gasteiger partial charge in [0.25, 0.3) is 0 Å². The number of halogens is 1. The standard InChI is InChI=1S/C24H19BrN2O2/c1-15-5-3-4-6-18(15)13-27-14-21(22(28)17-8-10-19(25)11-9-17)23(29)20-12-7-16(2)26-24(20)27/h3-12,14H,13H2,1-2H3. The normalized spacial score (nSPS) is 11.0.